The van der Waals surface area contributed by atoms with Gasteiger partial charge < -0.3 is 9.53 Å². The van der Waals surface area contributed by atoms with Gasteiger partial charge in [0.15, 0.2) is 0 Å². The van der Waals surface area contributed by atoms with Gasteiger partial charge >= 0.3 is 0 Å². The lowest BCUT2D eigenvalue weighted by Gasteiger charge is -2.13. The van der Waals surface area contributed by atoms with Crippen LogP contribution in [0.1, 0.15) is 30.0 Å². The van der Waals surface area contributed by atoms with Gasteiger partial charge in [-0.05, 0) is 46.9 Å². The number of methoxy groups -OCH3 is 1. The third-order valence-corrected chi connectivity index (χ3v) is 5.50. The Morgan fingerprint density at radius 3 is 2.44 bits per heavy atom. The van der Waals surface area contributed by atoms with E-state index in [0.717, 1.165) is 50.4 Å². The Morgan fingerprint density at radius 2 is 1.84 bits per heavy atom. The molecule has 0 aromatic heterocycles. The zero-order valence-electron chi connectivity index (χ0n) is 14.5. The Morgan fingerprint density at radius 1 is 1.12 bits per heavy atom. The maximum absolute atomic E-state index is 12.6. The number of carbonyl (C=O) groups is 1. The number of hydrogen-bond acceptors (Lipinski definition) is 3. The van der Waals surface area contributed by atoms with Gasteiger partial charge in [-0.1, -0.05) is 36.4 Å². The van der Waals surface area contributed by atoms with E-state index in [-0.39, 0.29) is 0 Å². The molecule has 0 spiro atoms. The van der Waals surface area contributed by atoms with E-state index in [2.05, 4.69) is 0 Å². The SMILES string of the molecule is COc1ccc2c(c1)C(CC=O)=C(C)C2=C(c1ccccc1)S(C)=O. The van der Waals surface area contributed by atoms with Crippen LogP contribution in [0.25, 0.3) is 16.1 Å². The highest BCUT2D eigenvalue weighted by atomic mass is 32.2. The number of hydrogen-bond donors (Lipinski definition) is 0. The average molecular weight is 352 g/mol. The van der Waals surface area contributed by atoms with Crippen molar-refractivity contribution < 1.29 is 13.7 Å². The second-order valence-electron chi connectivity index (χ2n) is 5.91. The van der Waals surface area contributed by atoms with Crippen LogP contribution in [0.5, 0.6) is 5.75 Å². The van der Waals surface area contributed by atoms with Crippen LogP contribution in [-0.2, 0) is 15.6 Å². The lowest BCUT2D eigenvalue weighted by molar-refractivity contribution is -0.107. The summed E-state index contributed by atoms with van der Waals surface area (Å²) in [6.07, 6.45) is 2.94. The molecule has 1 aliphatic rings. The molecule has 1 aliphatic carbocycles. The lowest BCUT2D eigenvalue weighted by Crippen LogP contribution is -1.98. The molecule has 0 bridgehead atoms. The molecule has 0 heterocycles. The van der Waals surface area contributed by atoms with Gasteiger partial charge in [0.1, 0.15) is 12.0 Å². The Labute approximate surface area is 150 Å². The number of allylic oxidation sites excluding steroid dienone is 3. The fraction of sp³-hybridized carbons (Fsp3) is 0.190. The third-order valence-electron chi connectivity index (χ3n) is 4.49. The minimum absolute atomic E-state index is 0.327. The smallest absolute Gasteiger partial charge is 0.124 e. The van der Waals surface area contributed by atoms with Crippen molar-refractivity contribution in [3.63, 3.8) is 0 Å². The molecule has 4 heteroatoms. The molecule has 2 aromatic carbocycles. The van der Waals surface area contributed by atoms with E-state index in [1.54, 1.807) is 13.4 Å². The summed E-state index contributed by atoms with van der Waals surface area (Å²) >= 11 is 0. The first-order valence-corrected chi connectivity index (χ1v) is 9.60. The minimum atomic E-state index is -1.17. The van der Waals surface area contributed by atoms with Gasteiger partial charge in [0.05, 0.1) is 22.8 Å². The molecule has 0 amide bonds. The molecule has 0 saturated heterocycles. The van der Waals surface area contributed by atoms with Crippen molar-refractivity contribution in [3.8, 4) is 5.75 Å². The van der Waals surface area contributed by atoms with Crippen molar-refractivity contribution >= 4 is 33.1 Å². The van der Waals surface area contributed by atoms with Crippen molar-refractivity contribution in [1.29, 1.82) is 0 Å². The zero-order valence-corrected chi connectivity index (χ0v) is 15.4. The van der Waals surface area contributed by atoms with E-state index >= 15 is 0 Å². The number of fused-ring (bicyclic) bond motifs is 1. The standard InChI is InChI=1S/C21H20O3S/c1-14-17(11-12-22)19-13-16(24-2)9-10-18(19)20(14)21(25(3)23)15-7-5-4-6-8-15/h4-10,12-13H,11H2,1-3H3. The first kappa shape index (κ1) is 17.4. The highest BCUT2D eigenvalue weighted by Crippen LogP contribution is 2.47. The van der Waals surface area contributed by atoms with Crippen molar-refractivity contribution in [2.45, 2.75) is 13.3 Å². The Bertz CT molecular complexity index is 908. The molecule has 0 N–H and O–H groups in total. The molecule has 1 unspecified atom stereocenters. The number of carbonyl (C=O) groups excluding carboxylic acids is 1. The molecular formula is C21H20O3S. The largest absolute Gasteiger partial charge is 0.497 e. The number of rotatable bonds is 5. The summed E-state index contributed by atoms with van der Waals surface area (Å²) in [6.45, 7) is 2.00. The quantitative estimate of drug-likeness (QED) is 0.753. The molecule has 1 atom stereocenters. The monoisotopic (exact) mass is 352 g/mol. The van der Waals surface area contributed by atoms with E-state index in [0.29, 0.717) is 6.42 Å². The highest BCUT2D eigenvalue weighted by molar-refractivity contribution is 7.94. The molecule has 3 nitrogen and oxygen atoms in total. The van der Waals surface area contributed by atoms with Crippen molar-refractivity contribution in [3.05, 3.63) is 70.8 Å². The molecular weight excluding hydrogens is 332 g/mol. The van der Waals surface area contributed by atoms with Crippen LogP contribution in [0.15, 0.2) is 54.1 Å². The van der Waals surface area contributed by atoms with E-state index < -0.39 is 10.8 Å². The van der Waals surface area contributed by atoms with Gasteiger partial charge in [0.25, 0.3) is 0 Å². The third kappa shape index (κ3) is 3.10. The van der Waals surface area contributed by atoms with Gasteiger partial charge in [0, 0.05) is 18.2 Å². The Balaban J connectivity index is 2.35. The molecule has 0 radical (unpaired) electrons. The first-order valence-electron chi connectivity index (χ1n) is 8.04. The number of benzene rings is 2. The summed E-state index contributed by atoms with van der Waals surface area (Å²) < 4.78 is 18.0. The van der Waals surface area contributed by atoms with E-state index in [4.69, 9.17) is 4.74 Å². The van der Waals surface area contributed by atoms with Crippen LogP contribution in [-0.4, -0.2) is 23.9 Å². The zero-order chi connectivity index (χ0) is 18.0. The fourth-order valence-electron chi connectivity index (χ4n) is 3.36. The van der Waals surface area contributed by atoms with E-state index in [9.17, 15) is 9.00 Å². The van der Waals surface area contributed by atoms with Gasteiger partial charge in [-0.15, -0.1) is 0 Å². The maximum atomic E-state index is 12.6. The van der Waals surface area contributed by atoms with Gasteiger partial charge in [-0.2, -0.15) is 0 Å². The topological polar surface area (TPSA) is 43.4 Å². The van der Waals surface area contributed by atoms with Crippen LogP contribution >= 0.6 is 0 Å². The van der Waals surface area contributed by atoms with Gasteiger partial charge in [-0.3, -0.25) is 4.21 Å². The molecule has 2 aromatic rings. The summed E-state index contributed by atoms with van der Waals surface area (Å²) in [6, 6.07) is 15.6. The van der Waals surface area contributed by atoms with Crippen molar-refractivity contribution in [2.24, 2.45) is 0 Å². The average Bonchev–Trinajstić information content (AvgIpc) is 2.88. The lowest BCUT2D eigenvalue weighted by atomic mass is 10.00. The molecule has 0 aliphatic heterocycles. The predicted molar refractivity (Wildman–Crippen MR) is 104 cm³/mol. The van der Waals surface area contributed by atoms with Crippen molar-refractivity contribution in [1.82, 2.24) is 0 Å². The highest BCUT2D eigenvalue weighted by Gasteiger charge is 2.28. The maximum Gasteiger partial charge on any atom is 0.124 e. The van der Waals surface area contributed by atoms with Crippen LogP contribution in [0, 0.1) is 0 Å². The molecule has 3 rings (SSSR count). The second kappa shape index (κ2) is 7.19. The van der Waals surface area contributed by atoms with E-state index in [1.807, 2.05) is 55.5 Å². The molecule has 0 saturated carbocycles. The van der Waals surface area contributed by atoms with Gasteiger partial charge in [-0.25, -0.2) is 0 Å². The Kier molecular flexibility index (Phi) is 5.00. The first-order chi connectivity index (χ1) is 12.1. The molecule has 0 fully saturated rings. The van der Waals surface area contributed by atoms with Crippen LogP contribution in [0.2, 0.25) is 0 Å². The van der Waals surface area contributed by atoms with Crippen molar-refractivity contribution in [2.75, 3.05) is 13.4 Å². The summed E-state index contributed by atoms with van der Waals surface area (Å²) in [5.74, 6) is 0.745. The number of aldehydes is 1. The summed E-state index contributed by atoms with van der Waals surface area (Å²) in [7, 11) is 0.453. The fourth-order valence-corrected chi connectivity index (χ4v) is 4.37. The molecule has 25 heavy (non-hydrogen) atoms. The second-order valence-corrected chi connectivity index (χ2v) is 7.23. The Hall–Kier alpha value is -2.46. The summed E-state index contributed by atoms with van der Waals surface area (Å²) in [4.78, 5) is 12.0. The molecule has 128 valence electrons. The normalized spacial score (nSPS) is 16.4. The van der Waals surface area contributed by atoms with E-state index in [1.165, 1.54) is 0 Å². The van der Waals surface area contributed by atoms with Crippen LogP contribution in [0.3, 0.4) is 0 Å². The summed E-state index contributed by atoms with van der Waals surface area (Å²) in [5.41, 5.74) is 5.86. The van der Waals surface area contributed by atoms with Gasteiger partial charge in [0.2, 0.25) is 0 Å². The predicted octanol–water partition coefficient (Wildman–Crippen LogP) is 4.32. The minimum Gasteiger partial charge on any atom is -0.497 e. The summed E-state index contributed by atoms with van der Waals surface area (Å²) in [5, 5.41) is 0. The van der Waals surface area contributed by atoms with Crippen LogP contribution < -0.4 is 4.74 Å². The number of ether oxygens (including phenoxy) is 1. The van der Waals surface area contributed by atoms with Crippen LogP contribution in [0.4, 0.5) is 0 Å².